The molecule has 0 saturated heterocycles. The van der Waals surface area contributed by atoms with Crippen LogP contribution in [0.3, 0.4) is 0 Å². The number of hydrogen-bond acceptors (Lipinski definition) is 4. The largest absolute Gasteiger partial charge is 0.619 e. The van der Waals surface area contributed by atoms with Crippen molar-refractivity contribution >= 4 is 5.91 Å². The Morgan fingerprint density at radius 3 is 2.52 bits per heavy atom. The molecule has 25 heavy (non-hydrogen) atoms. The van der Waals surface area contributed by atoms with Crippen LogP contribution in [0.1, 0.15) is 29.8 Å². The third-order valence-electron chi connectivity index (χ3n) is 4.04. The second kappa shape index (κ2) is 9.64. The average molecular weight is 343 g/mol. The highest BCUT2D eigenvalue weighted by Crippen LogP contribution is 2.17. The van der Waals surface area contributed by atoms with Crippen molar-refractivity contribution in [3.63, 3.8) is 0 Å². The van der Waals surface area contributed by atoms with Gasteiger partial charge in [-0.25, -0.2) is 0 Å². The smallest absolute Gasteiger partial charge is 0.252 e. The van der Waals surface area contributed by atoms with E-state index < -0.39 is 0 Å². The monoisotopic (exact) mass is 343 g/mol. The van der Waals surface area contributed by atoms with E-state index in [2.05, 4.69) is 24.1 Å². The summed E-state index contributed by atoms with van der Waals surface area (Å²) in [5.74, 6) is 0.555. The fourth-order valence-corrected chi connectivity index (χ4v) is 2.46. The number of carbonyl (C=O) groups excluding carboxylic acids is 1. The summed E-state index contributed by atoms with van der Waals surface area (Å²) in [7, 11) is 0. The number of nitrogens with one attached hydrogen (secondary N) is 1. The van der Waals surface area contributed by atoms with Gasteiger partial charge in [0.2, 0.25) is 0 Å². The van der Waals surface area contributed by atoms with Crippen molar-refractivity contribution in [3.8, 4) is 5.75 Å². The van der Waals surface area contributed by atoms with Gasteiger partial charge in [-0.1, -0.05) is 32.0 Å². The first kappa shape index (κ1) is 18.7. The number of nitrogens with zero attached hydrogens (tertiary/aromatic N) is 2. The van der Waals surface area contributed by atoms with Gasteiger partial charge in [-0.05, 0) is 19.2 Å². The highest BCUT2D eigenvalue weighted by atomic mass is 16.5. The van der Waals surface area contributed by atoms with Crippen molar-refractivity contribution in [1.29, 1.82) is 0 Å². The maximum absolute atomic E-state index is 12.2. The minimum atomic E-state index is -0.224. The fourth-order valence-electron chi connectivity index (χ4n) is 2.46. The molecule has 0 saturated carbocycles. The van der Waals surface area contributed by atoms with Gasteiger partial charge in [-0.2, -0.15) is 4.73 Å². The highest BCUT2D eigenvalue weighted by molar-refractivity contribution is 5.93. The third kappa shape index (κ3) is 5.76. The van der Waals surface area contributed by atoms with Gasteiger partial charge in [0.25, 0.3) is 5.91 Å². The molecule has 0 spiro atoms. The normalized spacial score (nSPS) is 10.7. The van der Waals surface area contributed by atoms with Crippen molar-refractivity contribution in [2.24, 2.45) is 0 Å². The van der Waals surface area contributed by atoms with Gasteiger partial charge in [0.05, 0.1) is 5.56 Å². The second-order valence-corrected chi connectivity index (χ2v) is 5.61. The van der Waals surface area contributed by atoms with E-state index in [0.717, 1.165) is 30.9 Å². The predicted molar refractivity (Wildman–Crippen MR) is 96.3 cm³/mol. The number of benzene rings is 1. The molecule has 0 fully saturated rings. The van der Waals surface area contributed by atoms with Crippen LogP contribution in [0, 0.1) is 5.21 Å². The van der Waals surface area contributed by atoms with Crippen LogP contribution in [0.4, 0.5) is 0 Å². The Bertz CT molecular complexity index is 670. The molecule has 0 aliphatic carbocycles. The van der Waals surface area contributed by atoms with Gasteiger partial charge in [0.1, 0.15) is 12.4 Å². The predicted octanol–water partition coefficient (Wildman–Crippen LogP) is 1.97. The number of ether oxygens (including phenoxy) is 1. The highest BCUT2D eigenvalue weighted by Gasteiger charge is 2.09. The molecule has 1 aromatic heterocycles. The summed E-state index contributed by atoms with van der Waals surface area (Å²) in [5, 5.41) is 13.9. The summed E-state index contributed by atoms with van der Waals surface area (Å²) >= 11 is 0. The molecule has 134 valence electrons. The molecule has 2 rings (SSSR count). The molecule has 0 aliphatic heterocycles. The van der Waals surface area contributed by atoms with Crippen LogP contribution in [0.15, 0.2) is 48.8 Å². The van der Waals surface area contributed by atoms with E-state index in [9.17, 15) is 10.0 Å². The third-order valence-corrected chi connectivity index (χ3v) is 4.04. The van der Waals surface area contributed by atoms with Crippen molar-refractivity contribution in [2.45, 2.75) is 20.4 Å². The lowest BCUT2D eigenvalue weighted by Crippen LogP contribution is -2.28. The molecular formula is C19H25N3O3. The Morgan fingerprint density at radius 2 is 1.84 bits per heavy atom. The molecule has 1 amide bonds. The zero-order chi connectivity index (χ0) is 18.1. The molecule has 1 aromatic carbocycles. The number of likely N-dealkylation sites (N-methyl/N-ethyl adjacent to an activating group) is 1. The summed E-state index contributed by atoms with van der Waals surface area (Å²) in [4.78, 5) is 14.4. The lowest BCUT2D eigenvalue weighted by molar-refractivity contribution is -0.605. The van der Waals surface area contributed by atoms with Crippen LogP contribution >= 0.6 is 0 Å². The van der Waals surface area contributed by atoms with E-state index in [-0.39, 0.29) is 5.91 Å². The standard InChI is InChI=1S/C19H25N3O3/c1-3-21(4-2)13-14-25-18-8-6-5-7-17(18)15-20-19(23)16-9-11-22(24)12-10-16/h5-12H,3-4,13-15H2,1-2H3,(H,20,23). The first-order valence-electron chi connectivity index (χ1n) is 8.54. The number of aromatic nitrogens is 1. The Kier molecular flexibility index (Phi) is 7.22. The summed E-state index contributed by atoms with van der Waals surface area (Å²) in [5.41, 5.74) is 1.37. The average Bonchev–Trinajstić information content (AvgIpc) is 2.64. The Hall–Kier alpha value is -2.60. The zero-order valence-electron chi connectivity index (χ0n) is 14.8. The zero-order valence-corrected chi connectivity index (χ0v) is 14.8. The number of pyridine rings is 1. The van der Waals surface area contributed by atoms with Crippen molar-refractivity contribution in [3.05, 3.63) is 65.1 Å². The van der Waals surface area contributed by atoms with Gasteiger partial charge < -0.3 is 20.2 Å². The number of para-hydroxylation sites is 1. The van der Waals surface area contributed by atoms with Gasteiger partial charge in [-0.15, -0.1) is 0 Å². The maximum Gasteiger partial charge on any atom is 0.252 e. The number of carbonyl (C=O) groups is 1. The van der Waals surface area contributed by atoms with Gasteiger partial charge >= 0.3 is 0 Å². The minimum absolute atomic E-state index is 0.224. The lowest BCUT2D eigenvalue weighted by atomic mass is 10.2. The number of hydrogen-bond donors (Lipinski definition) is 1. The van der Waals surface area contributed by atoms with E-state index in [1.807, 2.05) is 24.3 Å². The minimum Gasteiger partial charge on any atom is -0.619 e. The van der Waals surface area contributed by atoms with E-state index in [1.165, 1.54) is 24.5 Å². The van der Waals surface area contributed by atoms with E-state index in [4.69, 9.17) is 4.74 Å². The van der Waals surface area contributed by atoms with Crippen molar-refractivity contribution < 1.29 is 14.3 Å². The number of rotatable bonds is 9. The molecule has 0 radical (unpaired) electrons. The molecule has 2 aromatic rings. The van der Waals surface area contributed by atoms with Crippen LogP contribution in [-0.4, -0.2) is 37.0 Å². The molecule has 1 heterocycles. The van der Waals surface area contributed by atoms with Crippen LogP contribution in [0.2, 0.25) is 0 Å². The van der Waals surface area contributed by atoms with Gasteiger partial charge in [0, 0.05) is 30.8 Å². The Balaban J connectivity index is 1.91. The van der Waals surface area contributed by atoms with Crippen LogP contribution < -0.4 is 14.8 Å². The maximum atomic E-state index is 12.2. The summed E-state index contributed by atoms with van der Waals surface area (Å²) < 4.78 is 6.54. The first-order chi connectivity index (χ1) is 12.1. The molecule has 1 N–H and O–H groups in total. The van der Waals surface area contributed by atoms with E-state index >= 15 is 0 Å². The molecular weight excluding hydrogens is 318 g/mol. The van der Waals surface area contributed by atoms with E-state index in [1.54, 1.807) is 0 Å². The summed E-state index contributed by atoms with van der Waals surface area (Å²) in [6.45, 7) is 8.10. The Morgan fingerprint density at radius 1 is 1.16 bits per heavy atom. The van der Waals surface area contributed by atoms with Crippen LogP contribution in [0.5, 0.6) is 5.75 Å². The SMILES string of the molecule is CCN(CC)CCOc1ccccc1CNC(=O)c1cc[n+]([O-])cc1. The summed E-state index contributed by atoms with van der Waals surface area (Å²) in [6, 6.07) is 10.7. The number of amides is 1. The fraction of sp³-hybridized carbons (Fsp3) is 0.368. The van der Waals surface area contributed by atoms with E-state index in [0.29, 0.717) is 23.4 Å². The van der Waals surface area contributed by atoms with Gasteiger partial charge in [-0.3, -0.25) is 4.79 Å². The quantitative estimate of drug-likeness (QED) is 0.558. The van der Waals surface area contributed by atoms with Crippen LogP contribution in [-0.2, 0) is 6.54 Å². The summed E-state index contributed by atoms with van der Waals surface area (Å²) in [6.07, 6.45) is 2.61. The van der Waals surface area contributed by atoms with Crippen molar-refractivity contribution in [2.75, 3.05) is 26.2 Å². The molecule has 0 unspecified atom stereocenters. The second-order valence-electron chi connectivity index (χ2n) is 5.61. The topological polar surface area (TPSA) is 68.5 Å². The molecule has 0 aliphatic rings. The van der Waals surface area contributed by atoms with Crippen molar-refractivity contribution in [1.82, 2.24) is 10.2 Å². The van der Waals surface area contributed by atoms with Gasteiger partial charge in [0.15, 0.2) is 12.4 Å². The molecule has 6 nitrogen and oxygen atoms in total. The lowest BCUT2D eigenvalue weighted by Gasteiger charge is -2.19. The molecule has 0 atom stereocenters. The molecule has 6 heteroatoms. The van der Waals surface area contributed by atoms with Crippen LogP contribution in [0.25, 0.3) is 0 Å². The Labute approximate surface area is 148 Å². The molecule has 0 bridgehead atoms. The first-order valence-corrected chi connectivity index (χ1v) is 8.54.